The standard InChI is InChI=1S/C24H34As2Cl2N2/c1-15(2)19-11-9-12-20(16(3)4)23(19)29-25(27)30(26(29)28)24-21(17(5)6)13-10-14-22(24)18(7)8/h9-18H,1-8H3. The topological polar surface area (TPSA) is 6.48 Å². The minimum absolute atomic E-state index is 0.444. The second-order valence-corrected chi connectivity index (χ2v) is 20.7. The quantitative estimate of drug-likeness (QED) is 0.325. The molecule has 2 aromatic rings. The molecule has 1 heterocycles. The zero-order valence-electron chi connectivity index (χ0n) is 19.3. The molecule has 0 atom stereocenters. The Morgan fingerprint density at radius 2 is 0.767 bits per heavy atom. The van der Waals surface area contributed by atoms with Crippen molar-refractivity contribution in [2.75, 3.05) is 5.47 Å². The molecule has 0 saturated carbocycles. The van der Waals surface area contributed by atoms with Crippen LogP contribution in [0.15, 0.2) is 36.4 Å². The Labute approximate surface area is 201 Å². The molecule has 2 nitrogen and oxygen atoms in total. The fraction of sp³-hybridized carbons (Fsp3) is 0.500. The molecule has 1 aliphatic heterocycles. The summed E-state index contributed by atoms with van der Waals surface area (Å²) in [5.74, 6) is 1.78. The Bertz CT molecular complexity index is 765. The van der Waals surface area contributed by atoms with Gasteiger partial charge in [0.1, 0.15) is 0 Å². The summed E-state index contributed by atoms with van der Waals surface area (Å²) in [6.45, 7) is 18.1. The maximum atomic E-state index is 7.30. The van der Waals surface area contributed by atoms with Crippen molar-refractivity contribution in [1.29, 1.82) is 0 Å². The van der Waals surface area contributed by atoms with Crippen LogP contribution in [0, 0.1) is 0 Å². The van der Waals surface area contributed by atoms with E-state index in [2.05, 4.69) is 97.3 Å². The summed E-state index contributed by atoms with van der Waals surface area (Å²) in [6.07, 6.45) is 0. The van der Waals surface area contributed by atoms with Crippen LogP contribution in [0.25, 0.3) is 0 Å². The van der Waals surface area contributed by atoms with Crippen LogP contribution in [0.1, 0.15) is 101 Å². The SMILES string of the molecule is CC(C)c1cccc(C(C)C)c1N1[As](Cl)N(c2c(C(C)C)cccc2C(C)C)[As]1Cl. The Hall–Kier alpha value is -0.263. The third-order valence-electron chi connectivity index (χ3n) is 5.71. The van der Waals surface area contributed by atoms with Crippen LogP contribution in [0.2, 0.25) is 0 Å². The fourth-order valence-corrected chi connectivity index (χ4v) is 23.3. The average molecular weight is 571 g/mol. The zero-order valence-corrected chi connectivity index (χ0v) is 24.6. The van der Waals surface area contributed by atoms with Crippen molar-refractivity contribution >= 4 is 59.6 Å². The molecular formula is C24H34As2Cl2N2. The van der Waals surface area contributed by atoms with Gasteiger partial charge in [-0.25, -0.2) is 0 Å². The van der Waals surface area contributed by atoms with Crippen molar-refractivity contribution in [2.24, 2.45) is 0 Å². The van der Waals surface area contributed by atoms with Crippen LogP contribution >= 0.6 is 19.9 Å². The Balaban J connectivity index is 2.11. The molecular weight excluding hydrogens is 537 g/mol. The number of hydrogen-bond acceptors (Lipinski definition) is 2. The molecule has 0 aromatic heterocycles. The fourth-order valence-electron chi connectivity index (χ4n) is 4.07. The molecule has 3 rings (SSSR count). The first-order valence-corrected chi connectivity index (χ1v) is 19.1. The number of para-hydroxylation sites is 2. The molecule has 0 aliphatic carbocycles. The van der Waals surface area contributed by atoms with Crippen LogP contribution in [0.3, 0.4) is 0 Å². The monoisotopic (exact) mass is 570 g/mol. The summed E-state index contributed by atoms with van der Waals surface area (Å²) in [4.78, 5) is 0. The Morgan fingerprint density at radius 1 is 0.533 bits per heavy atom. The Morgan fingerprint density at radius 3 is 0.967 bits per heavy atom. The molecule has 1 saturated heterocycles. The number of benzene rings is 2. The summed E-state index contributed by atoms with van der Waals surface area (Å²) < 4.78 is 4.96. The van der Waals surface area contributed by atoms with Crippen molar-refractivity contribution in [2.45, 2.75) is 79.1 Å². The van der Waals surface area contributed by atoms with Gasteiger partial charge in [0.15, 0.2) is 0 Å². The van der Waals surface area contributed by atoms with Gasteiger partial charge in [0.05, 0.1) is 0 Å². The first kappa shape index (κ1) is 24.4. The van der Waals surface area contributed by atoms with Crippen LogP contribution < -0.4 is 5.47 Å². The van der Waals surface area contributed by atoms with Gasteiger partial charge in [-0.05, 0) is 0 Å². The first-order chi connectivity index (χ1) is 14.1. The van der Waals surface area contributed by atoms with Gasteiger partial charge in [-0.2, -0.15) is 0 Å². The van der Waals surface area contributed by atoms with Gasteiger partial charge in [-0.3, -0.25) is 0 Å². The van der Waals surface area contributed by atoms with Gasteiger partial charge < -0.3 is 0 Å². The van der Waals surface area contributed by atoms with E-state index < -0.39 is 28.3 Å². The van der Waals surface area contributed by atoms with E-state index in [0.29, 0.717) is 23.7 Å². The van der Waals surface area contributed by atoms with E-state index in [4.69, 9.17) is 19.9 Å². The van der Waals surface area contributed by atoms with Crippen molar-refractivity contribution in [1.82, 2.24) is 0 Å². The number of hydrogen-bond donors (Lipinski definition) is 0. The molecule has 0 amide bonds. The molecule has 6 heteroatoms. The number of nitrogens with zero attached hydrogens (tertiary/aromatic N) is 2. The van der Waals surface area contributed by atoms with Gasteiger partial charge in [0.25, 0.3) is 0 Å². The minimum atomic E-state index is -2.00. The van der Waals surface area contributed by atoms with E-state index in [1.165, 1.54) is 33.6 Å². The molecule has 2 aromatic carbocycles. The van der Waals surface area contributed by atoms with E-state index in [1.807, 2.05) is 0 Å². The van der Waals surface area contributed by atoms with Crippen LogP contribution in [0.4, 0.5) is 11.4 Å². The normalized spacial score (nSPS) is 19.4. The first-order valence-electron chi connectivity index (χ1n) is 10.8. The zero-order chi connectivity index (χ0) is 22.3. The van der Waals surface area contributed by atoms with E-state index >= 15 is 0 Å². The summed E-state index contributed by atoms with van der Waals surface area (Å²) in [7, 11) is 14.6. The summed E-state index contributed by atoms with van der Waals surface area (Å²) in [6, 6.07) is 13.4. The Kier molecular flexibility index (Phi) is 7.88. The van der Waals surface area contributed by atoms with Crippen molar-refractivity contribution in [3.63, 3.8) is 0 Å². The van der Waals surface area contributed by atoms with Crippen molar-refractivity contribution in [3.8, 4) is 0 Å². The second kappa shape index (κ2) is 9.70. The molecule has 1 aliphatic rings. The van der Waals surface area contributed by atoms with Gasteiger partial charge >= 0.3 is 203 Å². The van der Waals surface area contributed by atoms with E-state index in [1.54, 1.807) is 0 Å². The molecule has 30 heavy (non-hydrogen) atoms. The summed E-state index contributed by atoms with van der Waals surface area (Å²) in [5, 5.41) is 0. The predicted molar refractivity (Wildman–Crippen MR) is 137 cm³/mol. The van der Waals surface area contributed by atoms with Gasteiger partial charge in [-0.15, -0.1) is 0 Å². The third-order valence-corrected chi connectivity index (χ3v) is 25.3. The van der Waals surface area contributed by atoms with Gasteiger partial charge in [0, 0.05) is 0 Å². The van der Waals surface area contributed by atoms with Crippen molar-refractivity contribution in [3.05, 3.63) is 58.7 Å². The van der Waals surface area contributed by atoms with E-state index in [9.17, 15) is 0 Å². The molecule has 0 bridgehead atoms. The molecule has 0 spiro atoms. The summed E-state index contributed by atoms with van der Waals surface area (Å²) >= 11 is -4.00. The molecule has 1 fully saturated rings. The molecule has 164 valence electrons. The number of halogens is 2. The molecule has 0 N–H and O–H groups in total. The second-order valence-electron chi connectivity index (χ2n) is 9.25. The van der Waals surface area contributed by atoms with Gasteiger partial charge in [-0.1, -0.05) is 0 Å². The van der Waals surface area contributed by atoms with Crippen LogP contribution in [-0.2, 0) is 0 Å². The predicted octanol–water partition coefficient (Wildman–Crippen LogP) is 7.95. The van der Waals surface area contributed by atoms with E-state index in [-0.39, 0.29) is 0 Å². The molecule has 0 radical (unpaired) electrons. The summed E-state index contributed by atoms with van der Waals surface area (Å²) in [5.41, 5.74) is 8.17. The number of rotatable bonds is 6. The van der Waals surface area contributed by atoms with Gasteiger partial charge in [0.2, 0.25) is 0 Å². The maximum absolute atomic E-state index is 7.30. The van der Waals surface area contributed by atoms with E-state index in [0.717, 1.165) is 0 Å². The third kappa shape index (κ3) is 4.32. The number of anilines is 2. The molecule has 0 unspecified atom stereocenters. The van der Waals surface area contributed by atoms with Crippen LogP contribution in [0.5, 0.6) is 0 Å². The van der Waals surface area contributed by atoms with Crippen molar-refractivity contribution < 1.29 is 0 Å². The van der Waals surface area contributed by atoms with Crippen LogP contribution in [-0.4, -0.2) is 28.3 Å². The average Bonchev–Trinajstić information content (AvgIpc) is 2.67.